The van der Waals surface area contributed by atoms with Crippen LogP contribution in [0, 0.1) is 11.3 Å². The van der Waals surface area contributed by atoms with Gasteiger partial charge in [0, 0.05) is 5.69 Å². The second kappa shape index (κ2) is 3.10. The normalized spacial score (nSPS) is 22.6. The summed E-state index contributed by atoms with van der Waals surface area (Å²) in [4.78, 5) is 0. The molecular weight excluding hydrogens is 186 g/mol. The van der Waals surface area contributed by atoms with Crippen molar-refractivity contribution >= 4 is 0 Å². The van der Waals surface area contributed by atoms with Crippen molar-refractivity contribution in [3.05, 3.63) is 17.0 Å². The Bertz CT molecular complexity index is 421. The van der Waals surface area contributed by atoms with Gasteiger partial charge in [0.15, 0.2) is 0 Å². The number of fused-ring (bicyclic) bond motifs is 1. The molecule has 78 valence electrons. The molecule has 1 saturated carbocycles. The number of aryl methyl sites for hydroxylation is 1. The van der Waals surface area contributed by atoms with E-state index in [-0.39, 0.29) is 5.41 Å². The van der Waals surface area contributed by atoms with Gasteiger partial charge >= 0.3 is 0 Å². The average molecular weight is 201 g/mol. The van der Waals surface area contributed by atoms with Gasteiger partial charge < -0.3 is 0 Å². The molecule has 0 unspecified atom stereocenters. The van der Waals surface area contributed by atoms with Crippen LogP contribution in [-0.4, -0.2) is 10.2 Å². The molecule has 0 saturated heterocycles. The maximum Gasteiger partial charge on any atom is 0.101 e. The van der Waals surface area contributed by atoms with Crippen molar-refractivity contribution < 1.29 is 0 Å². The van der Waals surface area contributed by atoms with Crippen molar-refractivity contribution in [1.29, 1.82) is 5.26 Å². The molecule has 1 heterocycles. The van der Waals surface area contributed by atoms with E-state index in [0.717, 1.165) is 31.4 Å². The first-order valence-electron chi connectivity index (χ1n) is 5.84. The molecule has 0 aromatic carbocycles. The molecular formula is C12H15N3. The minimum absolute atomic E-state index is 0.235. The van der Waals surface area contributed by atoms with E-state index in [1.165, 1.54) is 30.5 Å². The lowest BCUT2D eigenvalue weighted by Crippen LogP contribution is -2.34. The first kappa shape index (κ1) is 8.96. The van der Waals surface area contributed by atoms with Crippen molar-refractivity contribution in [3.63, 3.8) is 0 Å². The molecule has 1 aromatic heterocycles. The molecule has 2 aliphatic carbocycles. The largest absolute Gasteiger partial charge is 0.282 e. The Labute approximate surface area is 89.5 Å². The lowest BCUT2D eigenvalue weighted by Gasteiger charge is -2.34. The van der Waals surface area contributed by atoms with Gasteiger partial charge in [-0.2, -0.15) is 10.4 Å². The van der Waals surface area contributed by atoms with Crippen LogP contribution in [0.5, 0.6) is 0 Å². The maximum atomic E-state index is 9.31. The number of nitrogens with zero attached hydrogens (tertiary/aromatic N) is 2. The van der Waals surface area contributed by atoms with Crippen LogP contribution in [0.1, 0.15) is 49.1 Å². The number of aromatic nitrogens is 2. The van der Waals surface area contributed by atoms with Crippen LogP contribution < -0.4 is 0 Å². The van der Waals surface area contributed by atoms with Crippen molar-refractivity contribution in [3.8, 4) is 6.07 Å². The Balaban J connectivity index is 2.05. The van der Waals surface area contributed by atoms with Crippen LogP contribution >= 0.6 is 0 Å². The molecule has 3 rings (SSSR count). The zero-order chi connectivity index (χ0) is 10.3. The first-order chi connectivity index (χ1) is 7.36. The molecule has 0 bridgehead atoms. The number of hydrogen-bond acceptors (Lipinski definition) is 2. The summed E-state index contributed by atoms with van der Waals surface area (Å²) in [7, 11) is 0. The minimum atomic E-state index is -0.235. The molecule has 0 amide bonds. The Kier molecular flexibility index (Phi) is 1.85. The molecule has 0 spiro atoms. The molecule has 15 heavy (non-hydrogen) atoms. The number of aromatic amines is 1. The lowest BCUT2D eigenvalue weighted by atomic mass is 9.66. The van der Waals surface area contributed by atoms with Crippen molar-refractivity contribution in [2.75, 3.05) is 0 Å². The highest BCUT2D eigenvalue weighted by molar-refractivity contribution is 5.39. The van der Waals surface area contributed by atoms with Crippen LogP contribution in [0.15, 0.2) is 0 Å². The van der Waals surface area contributed by atoms with E-state index < -0.39 is 0 Å². The Morgan fingerprint density at radius 1 is 1.20 bits per heavy atom. The predicted molar refractivity (Wildman–Crippen MR) is 56.4 cm³/mol. The lowest BCUT2D eigenvalue weighted by molar-refractivity contribution is 0.313. The van der Waals surface area contributed by atoms with E-state index in [0.29, 0.717) is 0 Å². The van der Waals surface area contributed by atoms with Crippen molar-refractivity contribution in [2.24, 2.45) is 0 Å². The number of hydrogen-bond donors (Lipinski definition) is 1. The number of rotatable bonds is 1. The fourth-order valence-electron chi connectivity index (χ4n) is 2.81. The molecule has 0 radical (unpaired) electrons. The smallest absolute Gasteiger partial charge is 0.101 e. The van der Waals surface area contributed by atoms with Crippen molar-refractivity contribution in [1.82, 2.24) is 10.2 Å². The summed E-state index contributed by atoms with van der Waals surface area (Å²) in [5.41, 5.74) is 3.49. The summed E-state index contributed by atoms with van der Waals surface area (Å²) < 4.78 is 0. The quantitative estimate of drug-likeness (QED) is 0.757. The van der Waals surface area contributed by atoms with Crippen molar-refractivity contribution in [2.45, 2.75) is 50.4 Å². The zero-order valence-electron chi connectivity index (χ0n) is 8.84. The molecule has 1 N–H and O–H groups in total. The highest BCUT2D eigenvalue weighted by atomic mass is 15.1. The van der Waals surface area contributed by atoms with E-state index in [1.807, 2.05) is 0 Å². The van der Waals surface area contributed by atoms with Crippen LogP contribution in [0.25, 0.3) is 0 Å². The third kappa shape index (κ3) is 1.14. The fourth-order valence-corrected chi connectivity index (χ4v) is 2.81. The zero-order valence-corrected chi connectivity index (χ0v) is 8.84. The summed E-state index contributed by atoms with van der Waals surface area (Å²) in [6, 6.07) is 2.48. The molecule has 2 aliphatic rings. The number of H-pyrrole nitrogens is 1. The van der Waals surface area contributed by atoms with Crippen LogP contribution in [0.2, 0.25) is 0 Å². The second-order valence-corrected chi connectivity index (χ2v) is 4.78. The predicted octanol–water partition coefficient (Wildman–Crippen LogP) is 2.23. The summed E-state index contributed by atoms with van der Waals surface area (Å²) in [6.45, 7) is 0. The number of nitriles is 1. The van der Waals surface area contributed by atoms with Gasteiger partial charge in [-0.15, -0.1) is 0 Å². The second-order valence-electron chi connectivity index (χ2n) is 4.78. The van der Waals surface area contributed by atoms with Gasteiger partial charge in [-0.25, -0.2) is 0 Å². The third-order valence-electron chi connectivity index (χ3n) is 3.93. The first-order valence-corrected chi connectivity index (χ1v) is 5.84. The molecule has 1 fully saturated rings. The van der Waals surface area contributed by atoms with Crippen LogP contribution in [0.4, 0.5) is 0 Å². The Morgan fingerprint density at radius 3 is 2.67 bits per heavy atom. The summed E-state index contributed by atoms with van der Waals surface area (Å²) in [5.74, 6) is 0. The third-order valence-corrected chi connectivity index (χ3v) is 3.93. The number of nitrogens with one attached hydrogen (secondary N) is 1. The topological polar surface area (TPSA) is 52.5 Å². The van der Waals surface area contributed by atoms with Gasteiger partial charge in [0.1, 0.15) is 5.41 Å². The highest BCUT2D eigenvalue weighted by Gasteiger charge is 2.43. The van der Waals surface area contributed by atoms with Gasteiger partial charge in [0.05, 0.1) is 11.8 Å². The average Bonchev–Trinajstić information content (AvgIpc) is 2.62. The Hall–Kier alpha value is -1.30. The monoisotopic (exact) mass is 201 g/mol. The summed E-state index contributed by atoms with van der Waals surface area (Å²) >= 11 is 0. The molecule has 3 heteroatoms. The fraction of sp³-hybridized carbons (Fsp3) is 0.667. The van der Waals surface area contributed by atoms with Crippen LogP contribution in [0.3, 0.4) is 0 Å². The maximum absolute atomic E-state index is 9.31. The highest BCUT2D eigenvalue weighted by Crippen LogP contribution is 2.44. The molecule has 0 atom stereocenters. The van der Waals surface area contributed by atoms with Gasteiger partial charge in [0.25, 0.3) is 0 Å². The van der Waals surface area contributed by atoms with Gasteiger partial charge in [0.2, 0.25) is 0 Å². The summed E-state index contributed by atoms with van der Waals surface area (Å²) in [6.07, 6.45) is 7.92. The molecule has 3 nitrogen and oxygen atoms in total. The molecule has 0 aliphatic heterocycles. The minimum Gasteiger partial charge on any atom is -0.282 e. The van der Waals surface area contributed by atoms with Gasteiger partial charge in [-0.3, -0.25) is 5.10 Å². The standard InChI is InChI=1S/C12H15N3/c13-8-12(6-3-7-12)11-9-4-1-2-5-10(9)14-15-11/h1-7H2,(H,14,15). The SMILES string of the molecule is N#CC1(c2n[nH]c3c2CCCC3)CCC1. The Morgan fingerprint density at radius 2 is 2.00 bits per heavy atom. The van der Waals surface area contributed by atoms with Gasteiger partial charge in [-0.1, -0.05) is 0 Å². The van der Waals surface area contributed by atoms with Gasteiger partial charge in [-0.05, 0) is 50.5 Å². The molecule has 1 aromatic rings. The van der Waals surface area contributed by atoms with E-state index >= 15 is 0 Å². The van der Waals surface area contributed by atoms with E-state index in [9.17, 15) is 5.26 Å². The van der Waals surface area contributed by atoms with Crippen LogP contribution in [-0.2, 0) is 18.3 Å². The van der Waals surface area contributed by atoms with E-state index in [1.54, 1.807) is 0 Å². The van der Waals surface area contributed by atoms with E-state index in [4.69, 9.17) is 0 Å². The van der Waals surface area contributed by atoms with E-state index in [2.05, 4.69) is 16.3 Å². The summed E-state index contributed by atoms with van der Waals surface area (Å²) in [5, 5.41) is 16.9.